The molecule has 4 rings (SSSR count). The van der Waals surface area contributed by atoms with Gasteiger partial charge in [0.05, 0.1) is 4.90 Å². The molecule has 1 aromatic heterocycles. The summed E-state index contributed by atoms with van der Waals surface area (Å²) in [5, 5.41) is 1.47. The molecule has 1 N–H and O–H groups in total. The molecule has 6 nitrogen and oxygen atoms in total. The maximum Gasteiger partial charge on any atom is 0.270 e. The molecule has 1 saturated heterocycles. The van der Waals surface area contributed by atoms with E-state index in [1.54, 1.807) is 17.0 Å². The maximum atomic E-state index is 12.7. The summed E-state index contributed by atoms with van der Waals surface area (Å²) in [6.07, 6.45) is 0. The van der Waals surface area contributed by atoms with Gasteiger partial charge in [-0.1, -0.05) is 29.8 Å². The van der Waals surface area contributed by atoms with E-state index < -0.39 is 10.0 Å². The number of piperazine rings is 1. The van der Waals surface area contributed by atoms with Crippen LogP contribution in [-0.4, -0.2) is 54.7 Å². The Hall–Kier alpha value is -2.35. The highest BCUT2D eigenvalue weighted by molar-refractivity contribution is 7.89. The first-order valence-corrected chi connectivity index (χ1v) is 10.4. The Kier molecular flexibility index (Phi) is 4.67. The van der Waals surface area contributed by atoms with Crippen molar-refractivity contribution in [3.8, 4) is 0 Å². The first kappa shape index (κ1) is 18.0. The van der Waals surface area contributed by atoms with E-state index in [9.17, 15) is 13.2 Å². The van der Waals surface area contributed by atoms with Crippen LogP contribution in [0.3, 0.4) is 0 Å². The molecule has 3 aromatic rings. The Morgan fingerprint density at radius 1 is 0.963 bits per heavy atom. The van der Waals surface area contributed by atoms with Gasteiger partial charge in [-0.25, -0.2) is 8.42 Å². The third kappa shape index (κ3) is 3.45. The number of aromatic amines is 1. The van der Waals surface area contributed by atoms with Crippen molar-refractivity contribution in [2.75, 3.05) is 26.2 Å². The number of hydrogen-bond donors (Lipinski definition) is 1. The van der Waals surface area contributed by atoms with E-state index in [2.05, 4.69) is 4.98 Å². The van der Waals surface area contributed by atoms with Crippen molar-refractivity contribution >= 4 is 38.4 Å². The number of nitrogens with one attached hydrogen (secondary N) is 1. The van der Waals surface area contributed by atoms with Crippen LogP contribution in [0.5, 0.6) is 0 Å². The highest BCUT2D eigenvalue weighted by Crippen LogP contribution is 2.21. The van der Waals surface area contributed by atoms with Crippen LogP contribution in [0.2, 0.25) is 5.02 Å². The Labute approximate surface area is 162 Å². The van der Waals surface area contributed by atoms with Gasteiger partial charge in [0.15, 0.2) is 0 Å². The fourth-order valence-electron chi connectivity index (χ4n) is 3.25. The summed E-state index contributed by atoms with van der Waals surface area (Å²) in [6.45, 7) is 1.22. The molecular formula is C19H18ClN3O3S. The van der Waals surface area contributed by atoms with Crippen LogP contribution in [0, 0.1) is 0 Å². The second-order valence-corrected chi connectivity index (χ2v) is 8.79. The summed E-state index contributed by atoms with van der Waals surface area (Å²) in [6, 6.07) is 15.6. The number of aromatic nitrogens is 1. The number of halogens is 1. The smallest absolute Gasteiger partial charge is 0.270 e. The van der Waals surface area contributed by atoms with Crippen molar-refractivity contribution in [1.29, 1.82) is 0 Å². The minimum absolute atomic E-state index is 0.116. The van der Waals surface area contributed by atoms with E-state index >= 15 is 0 Å². The molecular weight excluding hydrogens is 386 g/mol. The monoisotopic (exact) mass is 403 g/mol. The van der Waals surface area contributed by atoms with E-state index in [4.69, 9.17) is 11.6 Å². The van der Waals surface area contributed by atoms with Crippen molar-refractivity contribution < 1.29 is 13.2 Å². The van der Waals surface area contributed by atoms with Gasteiger partial charge in [-0.15, -0.1) is 0 Å². The minimum Gasteiger partial charge on any atom is -0.351 e. The number of carbonyl (C=O) groups excluding carboxylic acids is 1. The second kappa shape index (κ2) is 6.99. The second-order valence-electron chi connectivity index (χ2n) is 6.42. The van der Waals surface area contributed by atoms with Gasteiger partial charge in [-0.3, -0.25) is 4.79 Å². The molecule has 1 aliphatic rings. The van der Waals surface area contributed by atoms with Crippen LogP contribution in [-0.2, 0) is 10.0 Å². The zero-order valence-electron chi connectivity index (χ0n) is 14.4. The Morgan fingerprint density at radius 2 is 1.63 bits per heavy atom. The van der Waals surface area contributed by atoms with E-state index in [1.807, 2.05) is 30.3 Å². The number of rotatable bonds is 3. The topological polar surface area (TPSA) is 73.5 Å². The highest BCUT2D eigenvalue weighted by Gasteiger charge is 2.30. The van der Waals surface area contributed by atoms with Crippen molar-refractivity contribution in [3.05, 3.63) is 65.3 Å². The molecule has 0 bridgehead atoms. The van der Waals surface area contributed by atoms with Crippen molar-refractivity contribution in [2.45, 2.75) is 4.90 Å². The largest absolute Gasteiger partial charge is 0.351 e. The molecule has 8 heteroatoms. The molecule has 27 heavy (non-hydrogen) atoms. The van der Waals surface area contributed by atoms with Crippen LogP contribution in [0.1, 0.15) is 10.5 Å². The number of hydrogen-bond acceptors (Lipinski definition) is 3. The molecule has 0 spiro atoms. The number of carbonyl (C=O) groups is 1. The molecule has 0 saturated carbocycles. The third-order valence-corrected chi connectivity index (χ3v) is 6.90. The standard InChI is InChI=1S/C19H18ClN3O3S/c20-15-5-7-16(8-6-15)27(25,26)23-11-9-22(10-12-23)19(24)18-13-14-3-1-2-4-17(14)21-18/h1-8,13,21H,9-12H2. The number of nitrogens with zero attached hydrogens (tertiary/aromatic N) is 2. The Morgan fingerprint density at radius 3 is 2.30 bits per heavy atom. The number of para-hydroxylation sites is 1. The van der Waals surface area contributed by atoms with Gasteiger partial charge in [0.2, 0.25) is 10.0 Å². The molecule has 2 aromatic carbocycles. The summed E-state index contributed by atoms with van der Waals surface area (Å²) < 4.78 is 26.9. The van der Waals surface area contributed by atoms with Crippen LogP contribution in [0.25, 0.3) is 10.9 Å². The quantitative estimate of drug-likeness (QED) is 0.730. The van der Waals surface area contributed by atoms with E-state index in [0.29, 0.717) is 23.8 Å². The number of fused-ring (bicyclic) bond motifs is 1. The van der Waals surface area contributed by atoms with E-state index in [1.165, 1.54) is 16.4 Å². The van der Waals surface area contributed by atoms with Gasteiger partial charge in [-0.2, -0.15) is 4.31 Å². The zero-order chi connectivity index (χ0) is 19.0. The maximum absolute atomic E-state index is 12.7. The molecule has 0 atom stereocenters. The van der Waals surface area contributed by atoms with E-state index in [0.717, 1.165) is 10.9 Å². The summed E-state index contributed by atoms with van der Waals surface area (Å²) in [4.78, 5) is 17.8. The average molecular weight is 404 g/mol. The van der Waals surface area contributed by atoms with Crippen LogP contribution >= 0.6 is 11.6 Å². The molecule has 1 fully saturated rings. The number of H-pyrrole nitrogens is 1. The zero-order valence-corrected chi connectivity index (χ0v) is 16.0. The summed E-state index contributed by atoms with van der Waals surface area (Å²) in [5.74, 6) is -0.116. The van der Waals surface area contributed by atoms with Crippen molar-refractivity contribution in [2.24, 2.45) is 0 Å². The molecule has 0 radical (unpaired) electrons. The number of sulfonamides is 1. The lowest BCUT2D eigenvalue weighted by molar-refractivity contribution is 0.0693. The summed E-state index contributed by atoms with van der Waals surface area (Å²) >= 11 is 5.83. The summed E-state index contributed by atoms with van der Waals surface area (Å²) in [7, 11) is -3.58. The first-order chi connectivity index (χ1) is 12.9. The third-order valence-electron chi connectivity index (χ3n) is 4.74. The Balaban J connectivity index is 1.46. The Bertz CT molecular complexity index is 1050. The van der Waals surface area contributed by atoms with E-state index in [-0.39, 0.29) is 23.9 Å². The normalized spacial score (nSPS) is 16.0. The molecule has 140 valence electrons. The molecule has 0 unspecified atom stereocenters. The van der Waals surface area contributed by atoms with Gasteiger partial charge < -0.3 is 9.88 Å². The lowest BCUT2D eigenvalue weighted by Crippen LogP contribution is -2.50. The molecule has 1 aliphatic heterocycles. The van der Waals surface area contributed by atoms with Crippen LogP contribution in [0.4, 0.5) is 0 Å². The fourth-order valence-corrected chi connectivity index (χ4v) is 4.79. The van der Waals surface area contributed by atoms with Crippen molar-refractivity contribution in [3.63, 3.8) is 0 Å². The average Bonchev–Trinajstić information content (AvgIpc) is 3.12. The van der Waals surface area contributed by atoms with Gasteiger partial charge >= 0.3 is 0 Å². The van der Waals surface area contributed by atoms with Gasteiger partial charge in [0.1, 0.15) is 5.69 Å². The predicted octanol–water partition coefficient (Wildman–Crippen LogP) is 2.97. The van der Waals surface area contributed by atoms with Crippen LogP contribution < -0.4 is 0 Å². The first-order valence-electron chi connectivity index (χ1n) is 8.58. The molecule has 1 amide bonds. The molecule has 2 heterocycles. The van der Waals surface area contributed by atoms with Gasteiger partial charge in [0, 0.05) is 42.1 Å². The minimum atomic E-state index is -3.58. The molecule has 0 aliphatic carbocycles. The number of benzene rings is 2. The lowest BCUT2D eigenvalue weighted by atomic mass is 10.2. The predicted molar refractivity (Wildman–Crippen MR) is 104 cm³/mol. The van der Waals surface area contributed by atoms with Crippen LogP contribution in [0.15, 0.2) is 59.5 Å². The fraction of sp³-hybridized carbons (Fsp3) is 0.211. The van der Waals surface area contributed by atoms with Gasteiger partial charge in [-0.05, 0) is 36.4 Å². The highest BCUT2D eigenvalue weighted by atomic mass is 35.5. The SMILES string of the molecule is O=C(c1cc2ccccc2[nH]1)N1CCN(S(=O)(=O)c2ccc(Cl)cc2)CC1. The van der Waals surface area contributed by atoms with Crippen molar-refractivity contribution in [1.82, 2.24) is 14.2 Å². The van der Waals surface area contributed by atoms with Gasteiger partial charge in [0.25, 0.3) is 5.91 Å². The number of amides is 1. The lowest BCUT2D eigenvalue weighted by Gasteiger charge is -2.33. The summed E-state index contributed by atoms with van der Waals surface area (Å²) in [5.41, 5.74) is 1.43.